The second kappa shape index (κ2) is 5.28. The standard InChI is InChI=1S/C14H21ClN2/c1-14(10-16,9-11-3-2-4-11)17-13-7-5-12(15)6-8-13/h5-8,11,17H,2-4,9-10,16H2,1H3. The molecule has 0 radical (unpaired) electrons. The smallest absolute Gasteiger partial charge is 0.0470 e. The fraction of sp³-hybridized carbons (Fsp3) is 0.571. The van der Waals surface area contributed by atoms with Crippen molar-refractivity contribution in [1.29, 1.82) is 0 Å². The van der Waals surface area contributed by atoms with Crippen molar-refractivity contribution in [2.45, 2.75) is 38.1 Å². The van der Waals surface area contributed by atoms with E-state index in [0.717, 1.165) is 23.0 Å². The summed E-state index contributed by atoms with van der Waals surface area (Å²) < 4.78 is 0. The molecule has 3 N–H and O–H groups in total. The zero-order chi connectivity index (χ0) is 12.3. The van der Waals surface area contributed by atoms with E-state index in [1.807, 2.05) is 24.3 Å². The van der Waals surface area contributed by atoms with Gasteiger partial charge in [0.15, 0.2) is 0 Å². The number of benzene rings is 1. The van der Waals surface area contributed by atoms with Crippen LogP contribution in [0.25, 0.3) is 0 Å². The molecule has 3 heteroatoms. The third-order valence-electron chi connectivity index (χ3n) is 3.70. The minimum Gasteiger partial charge on any atom is -0.379 e. The summed E-state index contributed by atoms with van der Waals surface area (Å²) in [6.45, 7) is 2.87. The first-order valence-corrected chi connectivity index (χ1v) is 6.73. The Kier molecular flexibility index (Phi) is 3.95. The lowest BCUT2D eigenvalue weighted by atomic mass is 9.76. The van der Waals surface area contributed by atoms with Crippen LogP contribution in [0.5, 0.6) is 0 Å². The Labute approximate surface area is 109 Å². The van der Waals surface area contributed by atoms with Gasteiger partial charge < -0.3 is 11.1 Å². The van der Waals surface area contributed by atoms with Crippen LogP contribution in [0.1, 0.15) is 32.6 Å². The van der Waals surface area contributed by atoms with Gasteiger partial charge in [-0.15, -0.1) is 0 Å². The molecular formula is C14H21ClN2. The van der Waals surface area contributed by atoms with Gasteiger partial charge in [-0.25, -0.2) is 0 Å². The zero-order valence-corrected chi connectivity index (χ0v) is 11.1. The van der Waals surface area contributed by atoms with Crippen LogP contribution in [0.15, 0.2) is 24.3 Å². The van der Waals surface area contributed by atoms with E-state index < -0.39 is 0 Å². The lowest BCUT2D eigenvalue weighted by Gasteiger charge is -2.37. The summed E-state index contributed by atoms with van der Waals surface area (Å²) in [5.41, 5.74) is 7.02. The first-order chi connectivity index (χ1) is 8.11. The van der Waals surface area contributed by atoms with Crippen molar-refractivity contribution in [2.75, 3.05) is 11.9 Å². The number of nitrogens with two attached hydrogens (primary N) is 1. The number of hydrogen-bond donors (Lipinski definition) is 2. The van der Waals surface area contributed by atoms with Crippen LogP contribution in [-0.2, 0) is 0 Å². The highest BCUT2D eigenvalue weighted by Gasteiger charge is 2.29. The van der Waals surface area contributed by atoms with Crippen molar-refractivity contribution in [3.05, 3.63) is 29.3 Å². The largest absolute Gasteiger partial charge is 0.379 e. The second-order valence-electron chi connectivity index (χ2n) is 5.40. The fourth-order valence-corrected chi connectivity index (χ4v) is 2.53. The van der Waals surface area contributed by atoms with Crippen molar-refractivity contribution in [3.8, 4) is 0 Å². The molecule has 0 aliphatic heterocycles. The lowest BCUT2D eigenvalue weighted by Crippen LogP contribution is -2.45. The van der Waals surface area contributed by atoms with Crippen LogP contribution in [0.4, 0.5) is 5.69 Å². The SMILES string of the molecule is CC(CN)(CC1CCC1)Nc1ccc(Cl)cc1. The summed E-state index contributed by atoms with van der Waals surface area (Å²) in [6.07, 6.45) is 5.26. The molecule has 1 fully saturated rings. The molecule has 1 unspecified atom stereocenters. The Bertz CT molecular complexity index is 359. The van der Waals surface area contributed by atoms with Crippen LogP contribution >= 0.6 is 11.6 Å². The van der Waals surface area contributed by atoms with E-state index in [4.69, 9.17) is 17.3 Å². The molecule has 1 atom stereocenters. The molecule has 0 spiro atoms. The van der Waals surface area contributed by atoms with Gasteiger partial charge in [-0.1, -0.05) is 30.9 Å². The Morgan fingerprint density at radius 3 is 2.47 bits per heavy atom. The maximum Gasteiger partial charge on any atom is 0.0470 e. The molecule has 1 aromatic carbocycles. The molecule has 1 saturated carbocycles. The van der Waals surface area contributed by atoms with Gasteiger partial charge >= 0.3 is 0 Å². The Morgan fingerprint density at radius 2 is 2.00 bits per heavy atom. The Balaban J connectivity index is 1.99. The second-order valence-corrected chi connectivity index (χ2v) is 5.83. The van der Waals surface area contributed by atoms with Gasteiger partial charge in [-0.05, 0) is 43.5 Å². The lowest BCUT2D eigenvalue weighted by molar-refractivity contribution is 0.248. The van der Waals surface area contributed by atoms with Crippen LogP contribution in [0, 0.1) is 5.92 Å². The van der Waals surface area contributed by atoms with Gasteiger partial charge in [0.2, 0.25) is 0 Å². The zero-order valence-electron chi connectivity index (χ0n) is 10.4. The van der Waals surface area contributed by atoms with Gasteiger partial charge in [0.25, 0.3) is 0 Å². The number of anilines is 1. The van der Waals surface area contributed by atoms with Gasteiger partial charge in [0.05, 0.1) is 0 Å². The third-order valence-corrected chi connectivity index (χ3v) is 3.96. The topological polar surface area (TPSA) is 38.0 Å². The third kappa shape index (κ3) is 3.36. The molecule has 2 nitrogen and oxygen atoms in total. The van der Waals surface area contributed by atoms with Gasteiger partial charge in [0.1, 0.15) is 0 Å². The summed E-state index contributed by atoms with van der Waals surface area (Å²) in [7, 11) is 0. The Morgan fingerprint density at radius 1 is 1.35 bits per heavy atom. The highest BCUT2D eigenvalue weighted by atomic mass is 35.5. The molecule has 94 valence electrons. The van der Waals surface area contributed by atoms with E-state index in [9.17, 15) is 0 Å². The van der Waals surface area contributed by atoms with E-state index in [0.29, 0.717) is 6.54 Å². The molecule has 17 heavy (non-hydrogen) atoms. The van der Waals surface area contributed by atoms with E-state index in [-0.39, 0.29) is 5.54 Å². The summed E-state index contributed by atoms with van der Waals surface area (Å²) in [4.78, 5) is 0. The minimum atomic E-state index is -0.00108. The van der Waals surface area contributed by atoms with E-state index in [1.54, 1.807) is 0 Å². The minimum absolute atomic E-state index is 0.00108. The first kappa shape index (κ1) is 12.7. The first-order valence-electron chi connectivity index (χ1n) is 6.35. The molecule has 2 rings (SSSR count). The van der Waals surface area contributed by atoms with Crippen molar-refractivity contribution in [3.63, 3.8) is 0 Å². The van der Waals surface area contributed by atoms with Gasteiger partial charge in [-0.3, -0.25) is 0 Å². The Hall–Kier alpha value is -0.730. The van der Waals surface area contributed by atoms with Crippen LogP contribution in [0.2, 0.25) is 5.02 Å². The predicted octanol–water partition coefficient (Wildman–Crippen LogP) is 3.66. The van der Waals surface area contributed by atoms with Crippen molar-refractivity contribution < 1.29 is 0 Å². The van der Waals surface area contributed by atoms with Crippen LogP contribution in [-0.4, -0.2) is 12.1 Å². The van der Waals surface area contributed by atoms with E-state index >= 15 is 0 Å². The number of nitrogens with one attached hydrogen (secondary N) is 1. The summed E-state index contributed by atoms with van der Waals surface area (Å²) in [6, 6.07) is 7.84. The molecule has 0 heterocycles. The molecule has 0 saturated heterocycles. The monoisotopic (exact) mass is 252 g/mol. The summed E-state index contributed by atoms with van der Waals surface area (Å²) in [5, 5.41) is 4.32. The maximum absolute atomic E-state index is 5.92. The molecule has 1 aromatic rings. The number of rotatable bonds is 5. The van der Waals surface area contributed by atoms with Gasteiger partial charge in [-0.2, -0.15) is 0 Å². The average Bonchev–Trinajstić information content (AvgIpc) is 2.27. The normalized spacial score (nSPS) is 19.5. The predicted molar refractivity (Wildman–Crippen MR) is 74.5 cm³/mol. The van der Waals surface area contributed by atoms with E-state index in [1.165, 1.54) is 19.3 Å². The molecule has 1 aliphatic rings. The van der Waals surface area contributed by atoms with Crippen LogP contribution < -0.4 is 11.1 Å². The average molecular weight is 253 g/mol. The molecule has 0 amide bonds. The maximum atomic E-state index is 5.92. The fourth-order valence-electron chi connectivity index (χ4n) is 2.40. The number of halogens is 1. The molecular weight excluding hydrogens is 232 g/mol. The number of hydrogen-bond acceptors (Lipinski definition) is 2. The highest BCUT2D eigenvalue weighted by Crippen LogP contribution is 2.34. The quantitative estimate of drug-likeness (QED) is 0.839. The molecule has 0 aromatic heterocycles. The van der Waals surface area contributed by atoms with Gasteiger partial charge in [0, 0.05) is 22.8 Å². The van der Waals surface area contributed by atoms with Crippen molar-refractivity contribution >= 4 is 17.3 Å². The molecule has 0 bridgehead atoms. The van der Waals surface area contributed by atoms with Crippen molar-refractivity contribution in [1.82, 2.24) is 0 Å². The van der Waals surface area contributed by atoms with Crippen LogP contribution in [0.3, 0.4) is 0 Å². The van der Waals surface area contributed by atoms with E-state index in [2.05, 4.69) is 12.2 Å². The highest BCUT2D eigenvalue weighted by molar-refractivity contribution is 6.30. The van der Waals surface area contributed by atoms with Crippen molar-refractivity contribution in [2.24, 2.45) is 11.7 Å². The summed E-state index contributed by atoms with van der Waals surface area (Å²) >= 11 is 5.88. The molecule has 1 aliphatic carbocycles. The summed E-state index contributed by atoms with van der Waals surface area (Å²) in [5.74, 6) is 0.850.